The first kappa shape index (κ1) is 12.3. The molecule has 0 aliphatic rings. The van der Waals surface area contributed by atoms with Crippen LogP contribution in [0.15, 0.2) is 0 Å². The van der Waals surface area contributed by atoms with Gasteiger partial charge in [-0.05, 0) is 0 Å². The summed E-state index contributed by atoms with van der Waals surface area (Å²) >= 11 is 1.35. The molecule has 0 aliphatic heterocycles. The van der Waals surface area contributed by atoms with Gasteiger partial charge in [0.15, 0.2) is 0 Å². The maximum absolute atomic E-state index is 5.39. The van der Waals surface area contributed by atoms with E-state index in [9.17, 15) is 0 Å². The lowest BCUT2D eigenvalue weighted by molar-refractivity contribution is 0.0543. The van der Waals surface area contributed by atoms with E-state index in [0.717, 1.165) is 5.01 Å². The molecule has 2 N–H and O–H groups in total. The molecule has 1 aromatic rings. The van der Waals surface area contributed by atoms with Crippen LogP contribution in [0.4, 0.5) is 0 Å². The van der Waals surface area contributed by atoms with Crippen molar-refractivity contribution in [1.29, 1.82) is 0 Å². The normalized spacial score (nSPS) is 10.5. The molecule has 0 saturated carbocycles. The van der Waals surface area contributed by atoms with Crippen LogP contribution in [0.3, 0.4) is 0 Å². The van der Waals surface area contributed by atoms with Gasteiger partial charge in [0.05, 0.1) is 19.8 Å². The molecule has 1 heterocycles. The molecular weight excluding hydrogens is 218 g/mol. The third-order valence-electron chi connectivity index (χ3n) is 1.51. The standard InChI is InChI=1S/C8H15N3O3S/c1-12-2-3-13-4-5-14-8-11-10-7(6-9)15-8/h2-6,9H2,1H3. The molecule has 0 fully saturated rings. The fraction of sp³-hybridized carbons (Fsp3) is 0.750. The van der Waals surface area contributed by atoms with Gasteiger partial charge in [0, 0.05) is 13.7 Å². The lowest BCUT2D eigenvalue weighted by atomic mass is 10.7. The minimum absolute atomic E-state index is 0.394. The van der Waals surface area contributed by atoms with E-state index < -0.39 is 0 Å². The topological polar surface area (TPSA) is 79.5 Å². The van der Waals surface area contributed by atoms with E-state index in [2.05, 4.69) is 10.2 Å². The molecule has 1 aromatic heterocycles. The monoisotopic (exact) mass is 233 g/mol. The molecule has 0 spiro atoms. The second-order valence-electron chi connectivity index (χ2n) is 2.62. The average molecular weight is 233 g/mol. The number of rotatable bonds is 8. The van der Waals surface area contributed by atoms with Crippen molar-refractivity contribution >= 4 is 11.3 Å². The molecule has 0 aromatic carbocycles. The Morgan fingerprint density at radius 1 is 1.20 bits per heavy atom. The Morgan fingerprint density at radius 2 is 2.00 bits per heavy atom. The summed E-state index contributed by atoms with van der Waals surface area (Å²) in [5.74, 6) is 0. The number of methoxy groups -OCH3 is 1. The summed E-state index contributed by atoms with van der Waals surface area (Å²) in [6, 6.07) is 0. The third kappa shape index (κ3) is 5.03. The number of ether oxygens (including phenoxy) is 3. The fourth-order valence-corrected chi connectivity index (χ4v) is 1.40. The summed E-state index contributed by atoms with van der Waals surface area (Å²) < 4.78 is 15.3. The van der Waals surface area contributed by atoms with Crippen molar-refractivity contribution in [2.45, 2.75) is 6.54 Å². The molecule has 0 bridgehead atoms. The van der Waals surface area contributed by atoms with Gasteiger partial charge >= 0.3 is 0 Å². The van der Waals surface area contributed by atoms with Crippen molar-refractivity contribution in [2.75, 3.05) is 33.5 Å². The molecule has 86 valence electrons. The van der Waals surface area contributed by atoms with E-state index in [1.807, 2.05) is 0 Å². The first-order valence-corrected chi connectivity index (χ1v) is 5.40. The van der Waals surface area contributed by atoms with Crippen LogP contribution in [0.2, 0.25) is 0 Å². The Morgan fingerprint density at radius 3 is 2.67 bits per heavy atom. The van der Waals surface area contributed by atoms with E-state index in [4.69, 9.17) is 19.9 Å². The maximum Gasteiger partial charge on any atom is 0.294 e. The SMILES string of the molecule is COCCOCCOc1nnc(CN)s1. The van der Waals surface area contributed by atoms with Crippen LogP contribution in [0, 0.1) is 0 Å². The predicted octanol–water partition coefficient (Wildman–Crippen LogP) is 0.0386. The van der Waals surface area contributed by atoms with E-state index in [0.29, 0.717) is 38.2 Å². The summed E-state index contributed by atoms with van der Waals surface area (Å²) in [6.45, 7) is 2.54. The van der Waals surface area contributed by atoms with Gasteiger partial charge in [-0.1, -0.05) is 11.3 Å². The molecule has 6 nitrogen and oxygen atoms in total. The zero-order chi connectivity index (χ0) is 10.9. The lowest BCUT2D eigenvalue weighted by Gasteiger charge is -2.03. The smallest absolute Gasteiger partial charge is 0.294 e. The van der Waals surface area contributed by atoms with Crippen LogP contribution in [-0.4, -0.2) is 43.7 Å². The van der Waals surface area contributed by atoms with Crippen molar-refractivity contribution in [3.8, 4) is 5.19 Å². The van der Waals surface area contributed by atoms with Crippen LogP contribution in [0.1, 0.15) is 5.01 Å². The summed E-state index contributed by atoms with van der Waals surface area (Å²) in [7, 11) is 1.63. The van der Waals surface area contributed by atoms with Crippen LogP contribution in [-0.2, 0) is 16.0 Å². The van der Waals surface area contributed by atoms with Crippen LogP contribution in [0.5, 0.6) is 5.19 Å². The highest BCUT2D eigenvalue weighted by molar-refractivity contribution is 7.13. The number of nitrogens with zero attached hydrogens (tertiary/aromatic N) is 2. The minimum Gasteiger partial charge on any atom is -0.466 e. The van der Waals surface area contributed by atoms with Gasteiger partial charge in [0.1, 0.15) is 11.6 Å². The van der Waals surface area contributed by atoms with E-state index in [-0.39, 0.29) is 0 Å². The quantitative estimate of drug-likeness (QED) is 0.639. The number of aromatic nitrogens is 2. The average Bonchev–Trinajstić information content (AvgIpc) is 2.71. The van der Waals surface area contributed by atoms with Gasteiger partial charge in [-0.3, -0.25) is 0 Å². The Bertz CT molecular complexity index is 269. The van der Waals surface area contributed by atoms with E-state index in [1.165, 1.54) is 11.3 Å². The van der Waals surface area contributed by atoms with E-state index >= 15 is 0 Å². The highest BCUT2D eigenvalue weighted by Gasteiger charge is 2.02. The Hall–Kier alpha value is -0.760. The van der Waals surface area contributed by atoms with Crippen LogP contribution in [0.25, 0.3) is 0 Å². The second kappa shape index (κ2) is 7.52. The number of hydrogen-bond donors (Lipinski definition) is 1. The summed E-state index contributed by atoms with van der Waals surface area (Å²) in [5.41, 5.74) is 5.39. The maximum atomic E-state index is 5.39. The van der Waals surface area contributed by atoms with Crippen molar-refractivity contribution in [1.82, 2.24) is 10.2 Å². The molecule has 0 unspecified atom stereocenters. The van der Waals surface area contributed by atoms with Gasteiger partial charge in [-0.15, -0.1) is 10.2 Å². The molecule has 15 heavy (non-hydrogen) atoms. The largest absolute Gasteiger partial charge is 0.466 e. The molecular formula is C8H15N3O3S. The van der Waals surface area contributed by atoms with Crippen molar-refractivity contribution in [2.24, 2.45) is 5.73 Å². The molecule has 0 saturated heterocycles. The molecule has 0 amide bonds. The first-order chi connectivity index (χ1) is 7.36. The van der Waals surface area contributed by atoms with Gasteiger partial charge in [-0.2, -0.15) is 0 Å². The molecule has 7 heteroatoms. The number of hydrogen-bond acceptors (Lipinski definition) is 7. The summed E-state index contributed by atoms with van der Waals surface area (Å²) in [5, 5.41) is 8.93. The van der Waals surface area contributed by atoms with Crippen LogP contribution >= 0.6 is 11.3 Å². The highest BCUT2D eigenvalue weighted by Crippen LogP contribution is 2.16. The zero-order valence-corrected chi connectivity index (χ0v) is 9.46. The Balaban J connectivity index is 2.04. The number of nitrogens with two attached hydrogens (primary N) is 1. The summed E-state index contributed by atoms with van der Waals surface area (Å²) in [6.07, 6.45) is 0. The van der Waals surface area contributed by atoms with E-state index in [1.54, 1.807) is 7.11 Å². The Labute approximate surface area is 92.3 Å². The molecule has 0 radical (unpaired) electrons. The third-order valence-corrected chi connectivity index (χ3v) is 2.37. The predicted molar refractivity (Wildman–Crippen MR) is 56.0 cm³/mol. The first-order valence-electron chi connectivity index (χ1n) is 4.58. The van der Waals surface area contributed by atoms with Crippen molar-refractivity contribution in [3.05, 3.63) is 5.01 Å². The summed E-state index contributed by atoms with van der Waals surface area (Å²) in [4.78, 5) is 0. The molecule has 0 aliphatic carbocycles. The van der Waals surface area contributed by atoms with Crippen LogP contribution < -0.4 is 10.5 Å². The zero-order valence-electron chi connectivity index (χ0n) is 8.64. The van der Waals surface area contributed by atoms with Gasteiger partial charge in [0.25, 0.3) is 5.19 Å². The highest BCUT2D eigenvalue weighted by atomic mass is 32.1. The second-order valence-corrected chi connectivity index (χ2v) is 3.64. The fourth-order valence-electron chi connectivity index (χ4n) is 0.811. The van der Waals surface area contributed by atoms with Crippen molar-refractivity contribution in [3.63, 3.8) is 0 Å². The minimum atomic E-state index is 0.394. The molecule has 1 rings (SSSR count). The van der Waals surface area contributed by atoms with Crippen molar-refractivity contribution < 1.29 is 14.2 Å². The van der Waals surface area contributed by atoms with Gasteiger partial charge < -0.3 is 19.9 Å². The molecule has 0 atom stereocenters. The Kier molecular flexibility index (Phi) is 6.17. The lowest BCUT2D eigenvalue weighted by Crippen LogP contribution is -2.09. The van der Waals surface area contributed by atoms with Gasteiger partial charge in [-0.25, -0.2) is 0 Å². The van der Waals surface area contributed by atoms with Gasteiger partial charge in [0.2, 0.25) is 0 Å².